The quantitative estimate of drug-likeness (QED) is 0.322. The van der Waals surface area contributed by atoms with Crippen molar-refractivity contribution >= 4 is 18.2 Å². The predicted octanol–water partition coefficient (Wildman–Crippen LogP) is 4.45. The molecule has 0 unspecified atom stereocenters. The number of aldehydes is 1. The lowest BCUT2D eigenvalue weighted by atomic mass is 9.33. The molecular weight excluding hydrogens is 472 g/mol. The van der Waals surface area contributed by atoms with Crippen molar-refractivity contribution in [2.75, 3.05) is 0 Å². The Bertz CT molecular complexity index is 1070. The van der Waals surface area contributed by atoms with Gasteiger partial charge in [0.25, 0.3) is 0 Å². The summed E-state index contributed by atoms with van der Waals surface area (Å²) >= 11 is 0. The fraction of sp³-hybridized carbons (Fsp3) is 0.833. The minimum Gasteiger partial charge on any atom is -0.481 e. The smallest absolute Gasteiger partial charge is 0.312 e. The standard InChI is InChI=1S/C30H44O7/c1-25(23(34)35)12-13-30(24(36)37)18(14-25)17-6-7-20-26(2)10-9-21(32)27(3,16-31)19(26)8-11-28(20,4)29(17,5)15-22(30)33/h6,16,18-22,32-33H,7-15H2,1-5H3,(H,34,35)(H,36,37)/t18-,19+,20+,21-,22+,25+,26-,27-,28+,29+,30+/m0/s1. The maximum atomic E-state index is 12.8. The third kappa shape index (κ3) is 3.04. The van der Waals surface area contributed by atoms with Crippen LogP contribution in [-0.2, 0) is 14.4 Å². The molecule has 4 fully saturated rings. The average molecular weight is 517 g/mol. The lowest BCUT2D eigenvalue weighted by Crippen LogP contribution is -2.68. The molecule has 0 heterocycles. The van der Waals surface area contributed by atoms with Crippen LogP contribution < -0.4 is 0 Å². The minimum absolute atomic E-state index is 0.0504. The number of aliphatic carboxylic acids is 2. The van der Waals surface area contributed by atoms with Gasteiger partial charge in [-0.05, 0) is 92.8 Å². The summed E-state index contributed by atoms with van der Waals surface area (Å²) in [4.78, 5) is 37.4. The third-order valence-corrected chi connectivity index (χ3v) is 13.3. The summed E-state index contributed by atoms with van der Waals surface area (Å²) in [6.07, 6.45) is 6.13. The van der Waals surface area contributed by atoms with E-state index in [1.54, 1.807) is 6.92 Å². The van der Waals surface area contributed by atoms with Crippen LogP contribution in [0.15, 0.2) is 11.6 Å². The van der Waals surface area contributed by atoms with Gasteiger partial charge in [-0.25, -0.2) is 0 Å². The summed E-state index contributed by atoms with van der Waals surface area (Å²) in [6.45, 7) is 10.4. The predicted molar refractivity (Wildman–Crippen MR) is 136 cm³/mol. The molecule has 0 radical (unpaired) electrons. The van der Waals surface area contributed by atoms with E-state index >= 15 is 0 Å². The van der Waals surface area contributed by atoms with E-state index in [1.165, 1.54) is 0 Å². The number of carboxylic acids is 2. The first-order valence-corrected chi connectivity index (χ1v) is 14.1. The Kier molecular flexibility index (Phi) is 5.74. The fourth-order valence-electron chi connectivity index (χ4n) is 10.6. The van der Waals surface area contributed by atoms with Crippen LogP contribution in [0, 0.1) is 50.2 Å². The number of hydrogen-bond donors (Lipinski definition) is 4. The molecule has 0 bridgehead atoms. The molecule has 0 spiro atoms. The SMILES string of the molecule is C[C@@]1(C(=O)O)CC[C@]2(C(=O)O)[C@H](O)C[C@]3(C)C(=CC[C@@H]4[C@@]5(C)CC[C@H](O)[C@@](C)(C=O)[C@@H]5CC[C@]43C)[C@@H]2C1. The maximum Gasteiger partial charge on any atom is 0.312 e. The molecule has 4 N–H and O–H groups in total. The number of aliphatic hydroxyl groups excluding tert-OH is 2. The van der Waals surface area contributed by atoms with Crippen LogP contribution in [0.2, 0.25) is 0 Å². The number of hydrogen-bond acceptors (Lipinski definition) is 5. The summed E-state index contributed by atoms with van der Waals surface area (Å²) in [7, 11) is 0. The second kappa shape index (κ2) is 7.91. The fourth-order valence-corrected chi connectivity index (χ4v) is 10.6. The topological polar surface area (TPSA) is 132 Å². The van der Waals surface area contributed by atoms with E-state index in [0.717, 1.165) is 37.5 Å². The summed E-state index contributed by atoms with van der Waals surface area (Å²) in [6, 6.07) is 0. The zero-order valence-electron chi connectivity index (χ0n) is 22.9. The van der Waals surface area contributed by atoms with Crippen molar-refractivity contribution < 1.29 is 34.8 Å². The summed E-state index contributed by atoms with van der Waals surface area (Å²) in [5.41, 5.74) is -3.08. The molecule has 7 heteroatoms. The van der Waals surface area contributed by atoms with Crippen LogP contribution in [0.25, 0.3) is 0 Å². The van der Waals surface area contributed by atoms with Crippen LogP contribution in [-0.4, -0.2) is 50.9 Å². The van der Waals surface area contributed by atoms with Gasteiger partial charge in [0.15, 0.2) is 0 Å². The number of carbonyl (C=O) groups is 3. The molecule has 0 aromatic heterocycles. The van der Waals surface area contributed by atoms with E-state index in [-0.39, 0.29) is 41.9 Å². The Morgan fingerprint density at radius 1 is 0.865 bits per heavy atom. The van der Waals surface area contributed by atoms with Crippen LogP contribution in [0.3, 0.4) is 0 Å². The van der Waals surface area contributed by atoms with Gasteiger partial charge in [0.2, 0.25) is 0 Å². The first-order chi connectivity index (χ1) is 17.1. The Morgan fingerprint density at radius 2 is 1.54 bits per heavy atom. The second-order valence-electron chi connectivity index (χ2n) is 14.5. The first kappa shape index (κ1) is 26.9. The summed E-state index contributed by atoms with van der Waals surface area (Å²) in [5.74, 6) is -2.21. The molecule has 206 valence electrons. The monoisotopic (exact) mass is 516 g/mol. The molecule has 0 aromatic rings. The summed E-state index contributed by atoms with van der Waals surface area (Å²) in [5, 5.41) is 43.0. The van der Waals surface area contributed by atoms with Crippen molar-refractivity contribution in [2.45, 2.75) is 105 Å². The van der Waals surface area contributed by atoms with E-state index < -0.39 is 51.7 Å². The number of rotatable bonds is 3. The first-order valence-electron chi connectivity index (χ1n) is 14.1. The number of carbonyl (C=O) groups excluding carboxylic acids is 1. The van der Waals surface area contributed by atoms with Crippen molar-refractivity contribution in [1.82, 2.24) is 0 Å². The number of carboxylic acid groups (broad SMARTS) is 2. The van der Waals surface area contributed by atoms with Crippen LogP contribution in [0.4, 0.5) is 0 Å². The van der Waals surface area contributed by atoms with Gasteiger partial charge >= 0.3 is 11.9 Å². The molecule has 5 aliphatic carbocycles. The van der Waals surface area contributed by atoms with E-state index in [1.807, 2.05) is 6.92 Å². The largest absolute Gasteiger partial charge is 0.481 e. The summed E-state index contributed by atoms with van der Waals surface area (Å²) < 4.78 is 0. The van der Waals surface area contributed by atoms with Gasteiger partial charge in [0.05, 0.1) is 23.0 Å². The molecule has 0 saturated heterocycles. The highest BCUT2D eigenvalue weighted by Gasteiger charge is 2.72. The number of fused-ring (bicyclic) bond motifs is 7. The van der Waals surface area contributed by atoms with Gasteiger partial charge < -0.3 is 25.2 Å². The van der Waals surface area contributed by atoms with Gasteiger partial charge in [-0.3, -0.25) is 9.59 Å². The third-order valence-electron chi connectivity index (χ3n) is 13.3. The Morgan fingerprint density at radius 3 is 2.14 bits per heavy atom. The molecule has 0 amide bonds. The molecule has 11 atom stereocenters. The second-order valence-corrected chi connectivity index (χ2v) is 14.5. The zero-order chi connectivity index (χ0) is 27.4. The molecule has 0 aromatic carbocycles. The highest BCUT2D eigenvalue weighted by molar-refractivity contribution is 5.80. The lowest BCUT2D eigenvalue weighted by Gasteiger charge is -2.71. The van der Waals surface area contributed by atoms with E-state index in [0.29, 0.717) is 12.8 Å². The van der Waals surface area contributed by atoms with Crippen LogP contribution >= 0.6 is 0 Å². The Hall–Kier alpha value is -1.73. The van der Waals surface area contributed by atoms with Crippen molar-refractivity contribution in [1.29, 1.82) is 0 Å². The van der Waals surface area contributed by atoms with Gasteiger partial charge in [-0.2, -0.15) is 0 Å². The Labute approximate surface area is 219 Å². The van der Waals surface area contributed by atoms with Crippen molar-refractivity contribution in [3.8, 4) is 0 Å². The van der Waals surface area contributed by atoms with Gasteiger partial charge in [0, 0.05) is 5.92 Å². The Balaban J connectivity index is 1.64. The lowest BCUT2D eigenvalue weighted by molar-refractivity contribution is -0.218. The molecular formula is C30H44O7. The molecule has 37 heavy (non-hydrogen) atoms. The molecule has 5 rings (SSSR count). The highest BCUT2D eigenvalue weighted by Crippen LogP contribution is 2.75. The zero-order valence-corrected chi connectivity index (χ0v) is 22.9. The molecule has 4 saturated carbocycles. The average Bonchev–Trinajstić information content (AvgIpc) is 2.82. The minimum atomic E-state index is -1.37. The van der Waals surface area contributed by atoms with E-state index in [9.17, 15) is 34.8 Å². The van der Waals surface area contributed by atoms with Crippen molar-refractivity contribution in [3.05, 3.63) is 11.6 Å². The highest BCUT2D eigenvalue weighted by atomic mass is 16.4. The maximum absolute atomic E-state index is 12.8. The molecule has 0 aliphatic heterocycles. The van der Waals surface area contributed by atoms with Crippen LogP contribution in [0.1, 0.15) is 92.4 Å². The van der Waals surface area contributed by atoms with Crippen molar-refractivity contribution in [2.24, 2.45) is 50.2 Å². The van der Waals surface area contributed by atoms with Gasteiger partial charge in [-0.1, -0.05) is 39.3 Å². The van der Waals surface area contributed by atoms with E-state index in [2.05, 4.69) is 26.8 Å². The normalized spacial score (nSPS) is 55.0. The van der Waals surface area contributed by atoms with Crippen molar-refractivity contribution in [3.63, 3.8) is 0 Å². The molecule has 5 aliphatic rings. The number of aliphatic hydroxyl groups is 2. The molecule has 7 nitrogen and oxygen atoms in total. The van der Waals surface area contributed by atoms with Crippen LogP contribution in [0.5, 0.6) is 0 Å². The van der Waals surface area contributed by atoms with E-state index in [4.69, 9.17) is 0 Å². The van der Waals surface area contributed by atoms with Gasteiger partial charge in [-0.15, -0.1) is 0 Å². The number of allylic oxidation sites excluding steroid dienone is 2. The van der Waals surface area contributed by atoms with Gasteiger partial charge in [0.1, 0.15) is 11.7 Å².